The van der Waals surface area contributed by atoms with Gasteiger partial charge in [-0.25, -0.2) is 8.42 Å². The molecule has 1 aromatic heterocycles. The summed E-state index contributed by atoms with van der Waals surface area (Å²) in [4.78, 5) is 11.5. The third-order valence-corrected chi connectivity index (χ3v) is 6.14. The molecule has 0 aliphatic carbocycles. The normalized spacial score (nSPS) is 11.3. The lowest BCUT2D eigenvalue weighted by Crippen LogP contribution is -2.15. The summed E-state index contributed by atoms with van der Waals surface area (Å²) in [6, 6.07) is 10.2. The number of anilines is 2. The molecule has 164 valence electrons. The number of carbonyl (C=O) groups excluding carboxylic acids is 1. The first-order chi connectivity index (χ1) is 14.7. The second-order valence-corrected chi connectivity index (χ2v) is 8.81. The third-order valence-electron chi connectivity index (χ3n) is 4.76. The Morgan fingerprint density at radius 1 is 1.16 bits per heavy atom. The van der Waals surface area contributed by atoms with Crippen LogP contribution in [0.5, 0.6) is 5.75 Å². The molecule has 2 N–H and O–H groups in total. The zero-order valence-electron chi connectivity index (χ0n) is 18.1. The van der Waals surface area contributed by atoms with E-state index >= 15 is 0 Å². The molecular formula is C22H25N3O5S. The number of nitrogens with one attached hydrogen (secondary N) is 2. The number of ether oxygens (including phenoxy) is 1. The summed E-state index contributed by atoms with van der Waals surface area (Å²) in [5, 5.41) is 6.60. The van der Waals surface area contributed by atoms with Gasteiger partial charge in [0.1, 0.15) is 10.6 Å². The maximum absolute atomic E-state index is 13.3. The minimum atomic E-state index is -3.97. The van der Waals surface area contributed by atoms with Gasteiger partial charge in [-0.1, -0.05) is 35.8 Å². The largest absolute Gasteiger partial charge is 0.495 e. The van der Waals surface area contributed by atoms with Crippen molar-refractivity contribution in [3.8, 4) is 16.9 Å². The lowest BCUT2D eigenvalue weighted by molar-refractivity contribution is -0.114. The average molecular weight is 444 g/mol. The number of methoxy groups -OCH3 is 1. The van der Waals surface area contributed by atoms with E-state index in [4.69, 9.17) is 9.26 Å². The van der Waals surface area contributed by atoms with Crippen LogP contribution in [-0.2, 0) is 21.2 Å². The number of hydrogen-bond donors (Lipinski definition) is 2. The molecule has 0 atom stereocenters. The van der Waals surface area contributed by atoms with E-state index < -0.39 is 10.0 Å². The van der Waals surface area contributed by atoms with E-state index in [0.717, 1.165) is 11.1 Å². The number of aryl methyl sites for hydroxylation is 3. The molecule has 0 unspecified atom stereocenters. The molecular weight excluding hydrogens is 418 g/mol. The van der Waals surface area contributed by atoms with Gasteiger partial charge >= 0.3 is 0 Å². The topological polar surface area (TPSA) is 111 Å². The summed E-state index contributed by atoms with van der Waals surface area (Å²) in [6.45, 7) is 7.02. The van der Waals surface area contributed by atoms with Crippen molar-refractivity contribution < 1.29 is 22.5 Å². The Bertz CT molecular complexity index is 1230. The van der Waals surface area contributed by atoms with Crippen LogP contribution in [0.15, 0.2) is 45.8 Å². The summed E-state index contributed by atoms with van der Waals surface area (Å²) >= 11 is 0. The second-order valence-electron chi connectivity index (χ2n) is 7.16. The Balaban J connectivity index is 2.12. The first-order valence-electron chi connectivity index (χ1n) is 9.71. The number of amides is 1. The van der Waals surface area contributed by atoms with Crippen LogP contribution < -0.4 is 14.8 Å². The van der Waals surface area contributed by atoms with Crippen molar-refractivity contribution in [1.29, 1.82) is 0 Å². The van der Waals surface area contributed by atoms with Crippen LogP contribution >= 0.6 is 0 Å². The quantitative estimate of drug-likeness (QED) is 0.564. The maximum Gasteiger partial charge on any atom is 0.265 e. The first-order valence-corrected chi connectivity index (χ1v) is 11.2. The van der Waals surface area contributed by atoms with Gasteiger partial charge in [0.25, 0.3) is 10.0 Å². The molecule has 0 saturated carbocycles. The van der Waals surface area contributed by atoms with Crippen LogP contribution in [0.3, 0.4) is 0 Å². The smallest absolute Gasteiger partial charge is 0.265 e. The van der Waals surface area contributed by atoms with Crippen LogP contribution in [0.25, 0.3) is 11.1 Å². The van der Waals surface area contributed by atoms with Crippen LogP contribution in [0.2, 0.25) is 0 Å². The van der Waals surface area contributed by atoms with Crippen molar-refractivity contribution in [2.45, 2.75) is 39.0 Å². The molecule has 31 heavy (non-hydrogen) atoms. The fourth-order valence-electron chi connectivity index (χ4n) is 3.28. The van der Waals surface area contributed by atoms with E-state index in [0.29, 0.717) is 28.9 Å². The highest BCUT2D eigenvalue weighted by atomic mass is 32.2. The van der Waals surface area contributed by atoms with Gasteiger partial charge in [-0.3, -0.25) is 14.8 Å². The van der Waals surface area contributed by atoms with E-state index in [1.165, 1.54) is 20.1 Å². The molecule has 3 aromatic rings. The molecule has 0 radical (unpaired) electrons. The predicted octanol–water partition coefficient (Wildman–Crippen LogP) is 4.29. The van der Waals surface area contributed by atoms with Gasteiger partial charge in [0.05, 0.1) is 24.1 Å². The molecule has 0 spiro atoms. The highest BCUT2D eigenvalue weighted by molar-refractivity contribution is 7.92. The Labute approximate surface area is 181 Å². The van der Waals surface area contributed by atoms with Crippen molar-refractivity contribution in [2.24, 2.45) is 0 Å². The SMILES string of the molecule is CCc1noc(NC(C)=O)c1-c1ccc(OC)c(S(=O)(=O)Nc2ccc(C)cc2C)c1. The summed E-state index contributed by atoms with van der Waals surface area (Å²) < 4.78 is 39.7. The number of sulfonamides is 1. The van der Waals surface area contributed by atoms with Crippen molar-refractivity contribution in [3.05, 3.63) is 53.2 Å². The minimum absolute atomic E-state index is 0.0375. The summed E-state index contributed by atoms with van der Waals surface area (Å²) in [6.07, 6.45) is 0.535. The van der Waals surface area contributed by atoms with E-state index in [2.05, 4.69) is 15.2 Å². The zero-order valence-corrected chi connectivity index (χ0v) is 18.9. The maximum atomic E-state index is 13.3. The predicted molar refractivity (Wildman–Crippen MR) is 119 cm³/mol. The molecule has 1 amide bonds. The number of nitrogens with zero attached hydrogens (tertiary/aromatic N) is 1. The van der Waals surface area contributed by atoms with Crippen molar-refractivity contribution in [3.63, 3.8) is 0 Å². The molecule has 9 heteroatoms. The van der Waals surface area contributed by atoms with Gasteiger partial charge in [0.15, 0.2) is 0 Å². The van der Waals surface area contributed by atoms with Crippen LogP contribution in [0.1, 0.15) is 30.7 Å². The first kappa shape index (κ1) is 22.4. The van der Waals surface area contributed by atoms with Gasteiger partial charge in [-0.2, -0.15) is 0 Å². The van der Waals surface area contributed by atoms with Crippen molar-refractivity contribution in [2.75, 3.05) is 17.1 Å². The number of benzene rings is 2. The number of hydrogen-bond acceptors (Lipinski definition) is 6. The molecule has 8 nitrogen and oxygen atoms in total. The third kappa shape index (κ3) is 4.72. The molecule has 2 aromatic carbocycles. The monoisotopic (exact) mass is 443 g/mol. The molecule has 0 fully saturated rings. The fraction of sp³-hybridized carbons (Fsp3) is 0.273. The van der Waals surface area contributed by atoms with Gasteiger partial charge in [-0.05, 0) is 49.6 Å². The van der Waals surface area contributed by atoms with Crippen LogP contribution in [0, 0.1) is 13.8 Å². The molecule has 0 aliphatic rings. The highest BCUT2D eigenvalue weighted by Gasteiger charge is 2.24. The highest BCUT2D eigenvalue weighted by Crippen LogP contribution is 2.37. The molecule has 3 rings (SSSR count). The van der Waals surface area contributed by atoms with Crippen molar-refractivity contribution >= 4 is 27.5 Å². The fourth-order valence-corrected chi connectivity index (χ4v) is 4.60. The Morgan fingerprint density at radius 3 is 2.52 bits per heavy atom. The van der Waals surface area contributed by atoms with Gasteiger partial charge < -0.3 is 9.26 Å². The van der Waals surface area contributed by atoms with Crippen molar-refractivity contribution in [1.82, 2.24) is 5.16 Å². The second kappa shape index (κ2) is 8.81. The molecule has 1 heterocycles. The van der Waals surface area contributed by atoms with Gasteiger partial charge in [-0.15, -0.1) is 0 Å². The lowest BCUT2D eigenvalue weighted by atomic mass is 10.0. The summed E-state index contributed by atoms with van der Waals surface area (Å²) in [5.74, 6) is 0.0368. The molecule has 0 bridgehead atoms. The van der Waals surface area contributed by atoms with E-state index in [1.807, 2.05) is 32.9 Å². The average Bonchev–Trinajstić information content (AvgIpc) is 3.11. The Hall–Kier alpha value is -3.33. The molecule has 0 aliphatic heterocycles. The van der Waals surface area contributed by atoms with E-state index in [-0.39, 0.29) is 22.4 Å². The van der Waals surface area contributed by atoms with Gasteiger partial charge in [0, 0.05) is 6.92 Å². The number of rotatable bonds is 7. The Kier molecular flexibility index (Phi) is 6.35. The lowest BCUT2D eigenvalue weighted by Gasteiger charge is -2.15. The van der Waals surface area contributed by atoms with Gasteiger partial charge in [0.2, 0.25) is 11.8 Å². The molecule has 0 saturated heterocycles. The number of carbonyl (C=O) groups is 1. The summed E-state index contributed by atoms with van der Waals surface area (Å²) in [7, 11) is -2.57. The van der Waals surface area contributed by atoms with Crippen LogP contribution in [-0.4, -0.2) is 26.6 Å². The zero-order chi connectivity index (χ0) is 22.8. The Morgan fingerprint density at radius 2 is 1.90 bits per heavy atom. The van der Waals surface area contributed by atoms with E-state index in [9.17, 15) is 13.2 Å². The number of aromatic nitrogens is 1. The standard InChI is InChI=1S/C22H25N3O5S/c1-6-17-21(22(30-24-17)23-15(4)26)16-8-10-19(29-5)20(12-16)31(27,28)25-18-9-7-13(2)11-14(18)3/h7-12,25H,6H2,1-5H3,(H,23,26). The summed E-state index contributed by atoms with van der Waals surface area (Å²) in [5.41, 5.74) is 3.98. The van der Waals surface area contributed by atoms with Crippen LogP contribution in [0.4, 0.5) is 11.6 Å². The van der Waals surface area contributed by atoms with E-state index in [1.54, 1.807) is 18.2 Å². The minimum Gasteiger partial charge on any atom is -0.495 e.